The van der Waals surface area contributed by atoms with E-state index in [4.69, 9.17) is 16.3 Å². The van der Waals surface area contributed by atoms with Gasteiger partial charge in [-0.05, 0) is 44.2 Å². The van der Waals surface area contributed by atoms with Crippen LogP contribution in [0.4, 0.5) is 13.2 Å². The summed E-state index contributed by atoms with van der Waals surface area (Å²) in [4.78, 5) is 72.3. The Kier molecular flexibility index (Phi) is 14.5. The van der Waals surface area contributed by atoms with Gasteiger partial charge in [-0.1, -0.05) is 134 Å². The number of likely N-dealkylation sites (N-methyl/N-ethyl adjacent to an activating group) is 1. The molecule has 2 N–H and O–H groups in total. The van der Waals surface area contributed by atoms with E-state index in [1.54, 1.807) is 97.6 Å². The van der Waals surface area contributed by atoms with Crippen LogP contribution in [0.15, 0.2) is 109 Å². The predicted octanol–water partition coefficient (Wildman–Crippen LogP) is 7.14. The molecule has 10 nitrogen and oxygen atoms in total. The molecular weight excluding hydrogens is 797 g/mol. The Morgan fingerprint density at radius 3 is 1.93 bits per heavy atom. The number of hydrogen-bond donors (Lipinski definition) is 2. The third kappa shape index (κ3) is 10.4. The zero-order valence-electron chi connectivity index (χ0n) is 34.2. The summed E-state index contributed by atoms with van der Waals surface area (Å²) < 4.78 is 47.3. The van der Waals surface area contributed by atoms with Crippen LogP contribution < -0.4 is 10.6 Å². The molecule has 0 spiro atoms. The molecule has 0 radical (unpaired) electrons. The molecular formula is C46H50ClF3N4O6. The monoisotopic (exact) mass is 846 g/mol. The van der Waals surface area contributed by atoms with E-state index in [9.17, 15) is 37.1 Å². The largest absolute Gasteiger partial charge is 0.471 e. The Balaban J connectivity index is 1.50. The normalized spacial score (nSPS) is 15.9. The number of benzene rings is 4. The minimum atomic E-state index is -5.30. The van der Waals surface area contributed by atoms with Crippen LogP contribution in [0.2, 0.25) is 5.02 Å². The summed E-state index contributed by atoms with van der Waals surface area (Å²) in [5.74, 6) is -6.19. The van der Waals surface area contributed by atoms with Gasteiger partial charge in [0, 0.05) is 48.3 Å². The maximum Gasteiger partial charge on any atom is 0.471 e. The molecule has 4 atom stereocenters. The Morgan fingerprint density at radius 1 is 0.817 bits per heavy atom. The number of carbonyl (C=O) groups is 5. The van der Waals surface area contributed by atoms with E-state index < -0.39 is 71.3 Å². The SMILES string of the molecule is Cc1ccc(C(OC(=O)C[C@H](NC(=O)[C@H](C(C)C)N(C)C(=O)[C@](C)(Cc2ccccc2)NC(=O)C(F)(F)F)C(=O)N2CCCC2)(c2ccccc2)c2ccccc2Cl)cc1. The van der Waals surface area contributed by atoms with E-state index in [0.717, 1.165) is 10.5 Å². The number of rotatable bonds is 15. The van der Waals surface area contributed by atoms with Crippen LogP contribution in [-0.2, 0) is 40.7 Å². The van der Waals surface area contributed by atoms with Crippen molar-refractivity contribution in [2.24, 2.45) is 5.92 Å². The van der Waals surface area contributed by atoms with Crippen molar-refractivity contribution in [2.45, 2.75) is 82.8 Å². The van der Waals surface area contributed by atoms with Crippen LogP contribution in [-0.4, -0.2) is 83.3 Å². The van der Waals surface area contributed by atoms with Crippen molar-refractivity contribution in [3.8, 4) is 0 Å². The molecule has 4 aromatic rings. The molecule has 5 rings (SSSR count). The molecule has 1 saturated heterocycles. The van der Waals surface area contributed by atoms with E-state index in [2.05, 4.69) is 5.32 Å². The average molecular weight is 847 g/mol. The molecule has 1 aliphatic heterocycles. The molecule has 0 aromatic heterocycles. The molecule has 60 heavy (non-hydrogen) atoms. The van der Waals surface area contributed by atoms with Gasteiger partial charge in [-0.2, -0.15) is 13.2 Å². The van der Waals surface area contributed by atoms with E-state index in [1.165, 1.54) is 14.0 Å². The highest BCUT2D eigenvalue weighted by molar-refractivity contribution is 6.31. The first-order valence-corrected chi connectivity index (χ1v) is 20.1. The maximum absolute atomic E-state index is 14.5. The first-order valence-electron chi connectivity index (χ1n) is 19.8. The average Bonchev–Trinajstić information content (AvgIpc) is 3.75. The number of nitrogens with zero attached hydrogens (tertiary/aromatic N) is 2. The standard InChI is InChI=1S/C46H50ClF3N4O6/c1-30(2)39(53(5)43(59)44(4,52-42(58)46(48,49)50)29-32-16-8-6-9-17-32)40(56)51-37(41(57)54-26-14-15-27-54)28-38(55)60-45(33-18-10-7-11-19-33,34-24-22-31(3)23-25-34)35-20-12-13-21-36(35)47/h6-13,16-25,30,37,39H,14-15,26-29H2,1-5H3,(H,51,56)(H,52,58)/t37-,39-,44-,45?/m0/s1. The number of carbonyl (C=O) groups excluding carboxylic acids is 5. The van der Waals surface area contributed by atoms with Gasteiger partial charge >= 0.3 is 18.1 Å². The summed E-state index contributed by atoms with van der Waals surface area (Å²) in [6.07, 6.45) is -4.83. The Hall–Kier alpha value is -5.69. The zero-order chi connectivity index (χ0) is 43.8. The van der Waals surface area contributed by atoms with Gasteiger partial charge in [-0.25, -0.2) is 0 Å². The van der Waals surface area contributed by atoms with Crippen molar-refractivity contribution in [1.82, 2.24) is 20.4 Å². The topological polar surface area (TPSA) is 125 Å². The second-order valence-corrected chi connectivity index (χ2v) is 16.1. The highest BCUT2D eigenvalue weighted by atomic mass is 35.5. The number of nitrogens with one attached hydrogen (secondary N) is 2. The number of alkyl halides is 3. The van der Waals surface area contributed by atoms with E-state index in [1.807, 2.05) is 42.6 Å². The zero-order valence-corrected chi connectivity index (χ0v) is 35.0. The minimum absolute atomic E-state index is 0.311. The first kappa shape index (κ1) is 45.4. The van der Waals surface area contributed by atoms with Crippen LogP contribution in [0.3, 0.4) is 0 Å². The molecule has 0 saturated carbocycles. The minimum Gasteiger partial charge on any atom is -0.444 e. The molecule has 0 bridgehead atoms. The highest BCUT2D eigenvalue weighted by Crippen LogP contribution is 2.44. The van der Waals surface area contributed by atoms with E-state index >= 15 is 0 Å². The molecule has 1 fully saturated rings. The Morgan fingerprint density at radius 2 is 1.37 bits per heavy atom. The highest BCUT2D eigenvalue weighted by Gasteiger charge is 2.48. The maximum atomic E-state index is 14.5. The van der Waals surface area contributed by atoms with Crippen molar-refractivity contribution in [1.29, 1.82) is 0 Å². The van der Waals surface area contributed by atoms with Gasteiger partial charge in [0.2, 0.25) is 17.7 Å². The van der Waals surface area contributed by atoms with Crippen LogP contribution in [0.1, 0.15) is 67.9 Å². The van der Waals surface area contributed by atoms with Gasteiger partial charge in [-0.3, -0.25) is 24.0 Å². The van der Waals surface area contributed by atoms with Crippen LogP contribution >= 0.6 is 11.6 Å². The molecule has 0 aliphatic carbocycles. The summed E-state index contributed by atoms with van der Waals surface area (Å²) in [7, 11) is 1.25. The third-order valence-corrected chi connectivity index (χ3v) is 11.0. The van der Waals surface area contributed by atoms with Crippen molar-refractivity contribution < 1.29 is 41.9 Å². The number of halogens is 4. The summed E-state index contributed by atoms with van der Waals surface area (Å²) in [6, 6.07) is 28.7. The fourth-order valence-corrected chi connectivity index (χ4v) is 8.06. The second-order valence-electron chi connectivity index (χ2n) is 15.7. The lowest BCUT2D eigenvalue weighted by Crippen LogP contribution is -2.64. The number of amides is 4. The van der Waals surface area contributed by atoms with Gasteiger partial charge in [-0.15, -0.1) is 0 Å². The molecule has 14 heteroatoms. The summed E-state index contributed by atoms with van der Waals surface area (Å²) in [5, 5.41) is 4.89. The van der Waals surface area contributed by atoms with Crippen molar-refractivity contribution in [3.05, 3.63) is 142 Å². The summed E-state index contributed by atoms with van der Waals surface area (Å²) >= 11 is 6.86. The van der Waals surface area contributed by atoms with E-state index in [0.29, 0.717) is 53.2 Å². The van der Waals surface area contributed by atoms with Gasteiger partial charge < -0.3 is 25.2 Å². The Bertz CT molecular complexity index is 2150. The molecule has 1 heterocycles. The summed E-state index contributed by atoms with van der Waals surface area (Å²) in [5.41, 5.74) is -0.749. The fraction of sp³-hybridized carbons (Fsp3) is 0.370. The number of likely N-dealkylation sites (tertiary alicyclic amines) is 1. The van der Waals surface area contributed by atoms with Gasteiger partial charge in [0.15, 0.2) is 5.60 Å². The lowest BCUT2D eigenvalue weighted by atomic mass is 9.79. The lowest BCUT2D eigenvalue weighted by molar-refractivity contribution is -0.177. The smallest absolute Gasteiger partial charge is 0.444 e. The van der Waals surface area contributed by atoms with Gasteiger partial charge in [0.1, 0.15) is 17.6 Å². The number of aryl methyl sites for hydroxylation is 1. The predicted molar refractivity (Wildman–Crippen MR) is 222 cm³/mol. The third-order valence-electron chi connectivity index (χ3n) is 10.7. The molecule has 4 aromatic carbocycles. The molecule has 1 unspecified atom stereocenters. The molecule has 318 valence electrons. The number of hydrogen-bond acceptors (Lipinski definition) is 6. The Labute approximate surface area is 353 Å². The van der Waals surface area contributed by atoms with E-state index in [-0.39, 0.29) is 6.42 Å². The van der Waals surface area contributed by atoms with Crippen LogP contribution in [0.5, 0.6) is 0 Å². The van der Waals surface area contributed by atoms with Gasteiger partial charge in [0.05, 0.1) is 6.42 Å². The summed E-state index contributed by atoms with van der Waals surface area (Å²) in [6.45, 7) is 7.12. The number of ether oxygens (including phenoxy) is 1. The van der Waals surface area contributed by atoms with Crippen LogP contribution in [0, 0.1) is 12.8 Å². The quantitative estimate of drug-likeness (QED) is 0.0969. The number of esters is 1. The van der Waals surface area contributed by atoms with Crippen molar-refractivity contribution >= 4 is 41.2 Å². The van der Waals surface area contributed by atoms with Crippen molar-refractivity contribution in [3.63, 3.8) is 0 Å². The van der Waals surface area contributed by atoms with Crippen molar-refractivity contribution in [2.75, 3.05) is 20.1 Å². The van der Waals surface area contributed by atoms with Crippen LogP contribution in [0.25, 0.3) is 0 Å². The molecule has 4 amide bonds. The lowest BCUT2D eigenvalue weighted by Gasteiger charge is -2.39. The molecule has 1 aliphatic rings. The second kappa shape index (κ2) is 19.1. The first-order chi connectivity index (χ1) is 28.4. The van der Waals surface area contributed by atoms with Gasteiger partial charge in [0.25, 0.3) is 0 Å². The fourth-order valence-electron chi connectivity index (χ4n) is 7.79.